The van der Waals surface area contributed by atoms with Crippen molar-refractivity contribution < 1.29 is 0 Å². The number of thioether (sulfide) groups is 1. The summed E-state index contributed by atoms with van der Waals surface area (Å²) in [4.78, 5) is 4.48. The molecule has 7 heteroatoms. The van der Waals surface area contributed by atoms with Crippen molar-refractivity contribution in [3.05, 3.63) is 47.7 Å². The monoisotopic (exact) mass is 286 g/mol. The Morgan fingerprint density at radius 3 is 2.85 bits per heavy atom. The number of nitrogens with zero attached hydrogens (tertiary/aromatic N) is 4. The van der Waals surface area contributed by atoms with E-state index in [1.165, 1.54) is 5.56 Å². The molecule has 3 aromatic rings. The summed E-state index contributed by atoms with van der Waals surface area (Å²) in [6, 6.07) is 12.1. The third-order valence-electron chi connectivity index (χ3n) is 2.84. The fourth-order valence-electron chi connectivity index (χ4n) is 1.90. The summed E-state index contributed by atoms with van der Waals surface area (Å²) < 4.78 is 1.61. The van der Waals surface area contributed by atoms with Crippen molar-refractivity contribution >= 4 is 23.2 Å². The van der Waals surface area contributed by atoms with E-state index in [1.807, 2.05) is 31.2 Å². The third kappa shape index (κ3) is 2.45. The van der Waals surface area contributed by atoms with Gasteiger partial charge >= 0.3 is 0 Å². The van der Waals surface area contributed by atoms with Crippen molar-refractivity contribution in [2.75, 3.05) is 5.43 Å². The smallest absolute Gasteiger partial charge is 0.192 e. The zero-order valence-corrected chi connectivity index (χ0v) is 11.8. The van der Waals surface area contributed by atoms with Crippen LogP contribution in [-0.4, -0.2) is 19.8 Å². The predicted octanol–water partition coefficient (Wildman–Crippen LogP) is 2.01. The first-order valence-corrected chi connectivity index (χ1v) is 7.13. The van der Waals surface area contributed by atoms with Crippen LogP contribution in [0.25, 0.3) is 5.65 Å². The van der Waals surface area contributed by atoms with Crippen LogP contribution in [0.3, 0.4) is 0 Å². The lowest BCUT2D eigenvalue weighted by Crippen LogP contribution is -2.12. The normalized spacial score (nSPS) is 10.9. The van der Waals surface area contributed by atoms with Crippen LogP contribution >= 0.6 is 11.8 Å². The summed E-state index contributed by atoms with van der Waals surface area (Å²) in [7, 11) is 0. The zero-order chi connectivity index (χ0) is 13.9. The Balaban J connectivity index is 1.91. The first kappa shape index (κ1) is 12.9. The van der Waals surface area contributed by atoms with E-state index in [4.69, 9.17) is 5.84 Å². The summed E-state index contributed by atoms with van der Waals surface area (Å²) in [6.07, 6.45) is 0. The largest absolute Gasteiger partial charge is 0.308 e. The number of rotatable bonds is 4. The number of nitrogens with two attached hydrogens (primary N) is 1. The van der Waals surface area contributed by atoms with Crippen molar-refractivity contribution in [3.63, 3.8) is 0 Å². The first-order chi connectivity index (χ1) is 9.78. The lowest BCUT2D eigenvalue weighted by molar-refractivity contribution is 0.833. The van der Waals surface area contributed by atoms with Gasteiger partial charge in [-0.3, -0.25) is 0 Å². The molecule has 0 aliphatic rings. The average molecular weight is 286 g/mol. The van der Waals surface area contributed by atoms with Crippen LogP contribution in [0, 0.1) is 6.92 Å². The van der Waals surface area contributed by atoms with Crippen LogP contribution in [0.5, 0.6) is 0 Å². The Morgan fingerprint density at radius 2 is 2.10 bits per heavy atom. The summed E-state index contributed by atoms with van der Waals surface area (Å²) in [5, 5.41) is 9.06. The molecule has 0 aliphatic carbocycles. The van der Waals surface area contributed by atoms with Crippen molar-refractivity contribution in [3.8, 4) is 0 Å². The number of hydrogen-bond donors (Lipinski definition) is 2. The van der Waals surface area contributed by atoms with Gasteiger partial charge in [0.1, 0.15) is 5.82 Å². The van der Waals surface area contributed by atoms with Crippen LogP contribution in [0.4, 0.5) is 5.82 Å². The third-order valence-corrected chi connectivity index (χ3v) is 3.85. The molecule has 0 fully saturated rings. The van der Waals surface area contributed by atoms with Crippen LogP contribution in [0.2, 0.25) is 0 Å². The second-order valence-electron chi connectivity index (χ2n) is 4.33. The molecule has 20 heavy (non-hydrogen) atoms. The molecular formula is C13H14N6S. The molecule has 3 N–H and O–H groups in total. The van der Waals surface area contributed by atoms with Gasteiger partial charge in [-0.2, -0.15) is 4.52 Å². The van der Waals surface area contributed by atoms with E-state index in [0.29, 0.717) is 5.82 Å². The Kier molecular flexibility index (Phi) is 3.53. The summed E-state index contributed by atoms with van der Waals surface area (Å²) in [6.45, 7) is 1.92. The molecule has 102 valence electrons. The highest BCUT2D eigenvalue weighted by Gasteiger charge is 2.12. The number of nitrogen functional groups attached to an aromatic ring is 1. The van der Waals surface area contributed by atoms with E-state index in [-0.39, 0.29) is 0 Å². The van der Waals surface area contributed by atoms with Gasteiger partial charge in [0.05, 0.1) is 0 Å². The predicted molar refractivity (Wildman–Crippen MR) is 79.3 cm³/mol. The van der Waals surface area contributed by atoms with Crippen molar-refractivity contribution in [1.82, 2.24) is 19.8 Å². The maximum Gasteiger partial charge on any atom is 0.192 e. The molecule has 6 nitrogen and oxygen atoms in total. The van der Waals surface area contributed by atoms with Gasteiger partial charge in [-0.1, -0.05) is 47.3 Å². The molecule has 2 heterocycles. The van der Waals surface area contributed by atoms with E-state index in [0.717, 1.165) is 22.1 Å². The average Bonchev–Trinajstić information content (AvgIpc) is 2.88. The highest BCUT2D eigenvalue weighted by atomic mass is 32.2. The molecule has 0 amide bonds. The van der Waals surface area contributed by atoms with Gasteiger partial charge in [0.15, 0.2) is 10.7 Å². The van der Waals surface area contributed by atoms with Crippen molar-refractivity contribution in [2.45, 2.75) is 17.7 Å². The summed E-state index contributed by atoms with van der Waals surface area (Å²) in [5.74, 6) is 6.99. The van der Waals surface area contributed by atoms with Gasteiger partial charge < -0.3 is 5.43 Å². The van der Waals surface area contributed by atoms with Gasteiger partial charge in [-0.05, 0) is 12.5 Å². The topological polar surface area (TPSA) is 81.1 Å². The molecule has 0 aliphatic heterocycles. The van der Waals surface area contributed by atoms with Crippen molar-refractivity contribution in [1.29, 1.82) is 0 Å². The fourth-order valence-corrected chi connectivity index (χ4v) is 2.75. The number of anilines is 1. The van der Waals surface area contributed by atoms with E-state index in [9.17, 15) is 0 Å². The molecule has 0 saturated heterocycles. The Morgan fingerprint density at radius 1 is 1.30 bits per heavy atom. The number of nitrogens with one attached hydrogen (secondary N) is 1. The molecule has 0 spiro atoms. The number of hydrazine groups is 1. The van der Waals surface area contributed by atoms with Crippen LogP contribution in [-0.2, 0) is 5.75 Å². The van der Waals surface area contributed by atoms with Crippen LogP contribution in [0.15, 0.2) is 41.4 Å². The molecule has 3 rings (SSSR count). The Hall–Kier alpha value is -2.12. The molecular weight excluding hydrogens is 272 g/mol. The lowest BCUT2D eigenvalue weighted by atomic mass is 10.2. The van der Waals surface area contributed by atoms with E-state index in [2.05, 4.69) is 32.9 Å². The summed E-state index contributed by atoms with van der Waals surface area (Å²) >= 11 is 1.61. The van der Waals surface area contributed by atoms with E-state index in [1.54, 1.807) is 16.3 Å². The van der Waals surface area contributed by atoms with Gasteiger partial charge in [0, 0.05) is 17.5 Å². The minimum Gasteiger partial charge on any atom is -0.308 e. The maximum absolute atomic E-state index is 5.49. The van der Waals surface area contributed by atoms with Gasteiger partial charge in [0.25, 0.3) is 0 Å². The highest BCUT2D eigenvalue weighted by Crippen LogP contribution is 2.25. The zero-order valence-electron chi connectivity index (χ0n) is 10.9. The van der Waals surface area contributed by atoms with Gasteiger partial charge in [-0.25, -0.2) is 10.8 Å². The van der Waals surface area contributed by atoms with E-state index >= 15 is 0 Å². The second kappa shape index (κ2) is 5.48. The number of aryl methyl sites for hydroxylation is 1. The lowest BCUT2D eigenvalue weighted by Gasteiger charge is -2.04. The van der Waals surface area contributed by atoms with Crippen molar-refractivity contribution in [2.24, 2.45) is 5.84 Å². The van der Waals surface area contributed by atoms with Crippen LogP contribution in [0.1, 0.15) is 11.3 Å². The fraction of sp³-hybridized carbons (Fsp3) is 0.154. The molecule has 0 unspecified atom stereocenters. The SMILES string of the molecule is Cc1cc(NN)n2nnc(SCc3ccccc3)c2n1. The molecule has 0 radical (unpaired) electrons. The molecule has 2 aromatic heterocycles. The maximum atomic E-state index is 5.49. The molecule has 0 atom stereocenters. The van der Waals surface area contributed by atoms with Gasteiger partial charge in [0.2, 0.25) is 0 Å². The van der Waals surface area contributed by atoms with Gasteiger partial charge in [-0.15, -0.1) is 5.10 Å². The Bertz CT molecular complexity index is 724. The number of fused-ring (bicyclic) bond motifs is 1. The number of hydrogen-bond acceptors (Lipinski definition) is 6. The Labute approximate surface area is 120 Å². The number of aromatic nitrogens is 4. The highest BCUT2D eigenvalue weighted by molar-refractivity contribution is 7.98. The quantitative estimate of drug-likeness (QED) is 0.434. The first-order valence-electron chi connectivity index (χ1n) is 6.14. The summed E-state index contributed by atoms with van der Waals surface area (Å²) in [5.41, 5.74) is 5.44. The molecule has 1 aromatic carbocycles. The standard InChI is InChI=1S/C13H14N6S/c1-9-7-11(16-14)19-12(15-9)13(17-18-19)20-8-10-5-3-2-4-6-10/h2-7,16H,8,14H2,1H3. The van der Waals surface area contributed by atoms with Crippen LogP contribution < -0.4 is 11.3 Å². The minimum atomic E-state index is 0.673. The molecule has 0 saturated carbocycles. The number of benzene rings is 1. The van der Waals surface area contributed by atoms with E-state index < -0.39 is 0 Å². The molecule has 0 bridgehead atoms. The minimum absolute atomic E-state index is 0.673. The second-order valence-corrected chi connectivity index (χ2v) is 5.30.